The van der Waals surface area contributed by atoms with Gasteiger partial charge in [-0.2, -0.15) is 23.0 Å². The molecule has 1 saturated carbocycles. The van der Waals surface area contributed by atoms with Crippen molar-refractivity contribution in [2.24, 2.45) is 0 Å². The number of ether oxygens (including phenoxy) is 1. The first-order chi connectivity index (χ1) is 14.9. The lowest BCUT2D eigenvalue weighted by Crippen LogP contribution is -2.48. The van der Waals surface area contributed by atoms with E-state index in [-0.39, 0.29) is 17.0 Å². The average Bonchev–Trinajstić information content (AvgIpc) is 2.89. The first-order valence-corrected chi connectivity index (χ1v) is 13.0. The van der Waals surface area contributed by atoms with Gasteiger partial charge in [-0.3, -0.25) is 9.09 Å². The van der Waals surface area contributed by atoms with Crippen LogP contribution in [0.3, 0.4) is 0 Å². The molecule has 2 aromatic rings. The summed E-state index contributed by atoms with van der Waals surface area (Å²) < 4.78 is 65.9. The first kappa shape index (κ1) is 24.7. The maximum Gasteiger partial charge on any atom is 0.490 e. The number of halogens is 1. The largest absolute Gasteiger partial charge is 0.490 e. The topological polar surface area (TPSA) is 279 Å². The van der Waals surface area contributed by atoms with Crippen LogP contribution >= 0.6 is 23.5 Å². The van der Waals surface area contributed by atoms with E-state index in [1.54, 1.807) is 0 Å². The standard InChI is InChI=1S/C11H15FN5O13P3/c1-10(18)8(17-2-14-3-6(13)15-9(12)16-7(3)17)27-4-5(11(4,10)19)28-32(23,24)30-33(25,26)29-31(20,21)22/h2,4-5,8,18-19H,1H3,(H,23,24)(H,25,26)(H2,13,15,16)(H2,20,21,22)/t4-,5?,8-,10+,11+/m1/s1. The van der Waals surface area contributed by atoms with Crippen molar-refractivity contribution in [2.45, 2.75) is 36.6 Å². The van der Waals surface area contributed by atoms with E-state index in [0.29, 0.717) is 0 Å². The van der Waals surface area contributed by atoms with Gasteiger partial charge in [0.05, 0.1) is 6.33 Å². The van der Waals surface area contributed by atoms with Crippen LogP contribution in [0.5, 0.6) is 0 Å². The zero-order valence-electron chi connectivity index (χ0n) is 15.9. The summed E-state index contributed by atoms with van der Waals surface area (Å²) in [5.41, 5.74) is 0.579. The highest BCUT2D eigenvalue weighted by atomic mass is 31.3. The minimum atomic E-state index is -5.80. The fourth-order valence-corrected chi connectivity index (χ4v) is 6.75. The quantitative estimate of drug-likeness (QED) is 0.159. The molecule has 0 bridgehead atoms. The van der Waals surface area contributed by atoms with Crippen LogP contribution in [0.2, 0.25) is 0 Å². The zero-order chi connectivity index (χ0) is 24.8. The lowest BCUT2D eigenvalue weighted by Gasteiger charge is -2.33. The Bertz CT molecular complexity index is 1280. The number of aromatic nitrogens is 4. The summed E-state index contributed by atoms with van der Waals surface area (Å²) in [6.45, 7) is 1.03. The van der Waals surface area contributed by atoms with Crippen LogP contribution < -0.4 is 5.73 Å². The Hall–Kier alpha value is -1.43. The second-order valence-electron chi connectivity index (χ2n) is 7.20. The number of hydrogen-bond donors (Lipinski definition) is 7. The van der Waals surface area contributed by atoms with Gasteiger partial charge in [0.25, 0.3) is 0 Å². The van der Waals surface area contributed by atoms with Gasteiger partial charge in [0.2, 0.25) is 0 Å². The van der Waals surface area contributed by atoms with E-state index in [4.69, 9.17) is 20.3 Å². The number of hydrogen-bond acceptors (Lipinski definition) is 13. The molecule has 18 nitrogen and oxygen atoms in total. The number of rotatable bonds is 7. The number of phosphoric acid groups is 3. The molecule has 0 radical (unpaired) electrons. The Morgan fingerprint density at radius 2 is 1.79 bits per heavy atom. The summed E-state index contributed by atoms with van der Waals surface area (Å²) >= 11 is 0. The lowest BCUT2D eigenvalue weighted by molar-refractivity contribution is -0.155. The Kier molecular flexibility index (Phi) is 5.45. The summed E-state index contributed by atoms with van der Waals surface area (Å²) in [6, 6.07) is 0. The normalized spacial score (nSPS) is 35.2. The summed E-state index contributed by atoms with van der Waals surface area (Å²) in [5, 5.41) is 21.7. The maximum atomic E-state index is 13.6. The Morgan fingerprint density at radius 3 is 2.33 bits per heavy atom. The summed E-state index contributed by atoms with van der Waals surface area (Å²) in [6.07, 6.45) is -5.00. The molecular weight excluding hydrogens is 522 g/mol. The van der Waals surface area contributed by atoms with Crippen LogP contribution in [0.15, 0.2) is 6.33 Å². The van der Waals surface area contributed by atoms with E-state index < -0.39 is 59.2 Å². The van der Waals surface area contributed by atoms with E-state index in [0.717, 1.165) is 17.8 Å². The Labute approximate surface area is 181 Å². The molecule has 184 valence electrons. The molecule has 0 amide bonds. The molecule has 3 heterocycles. The summed E-state index contributed by atoms with van der Waals surface area (Å²) in [4.78, 5) is 46.6. The highest BCUT2D eigenvalue weighted by Gasteiger charge is 2.84. The first-order valence-electron chi connectivity index (χ1n) is 8.46. The number of nitrogen functional groups attached to an aromatic ring is 1. The average molecular weight is 537 g/mol. The maximum absolute atomic E-state index is 13.6. The van der Waals surface area contributed by atoms with Gasteiger partial charge in [0.15, 0.2) is 28.8 Å². The number of aliphatic hydroxyl groups is 2. The summed E-state index contributed by atoms with van der Waals surface area (Å²) in [7, 11) is -17.0. The number of anilines is 1. The van der Waals surface area contributed by atoms with Crippen molar-refractivity contribution in [3.8, 4) is 0 Å². The second kappa shape index (κ2) is 7.29. The van der Waals surface area contributed by atoms with E-state index in [2.05, 4.69) is 28.1 Å². The van der Waals surface area contributed by atoms with Crippen LogP contribution in [-0.4, -0.2) is 72.7 Å². The molecule has 2 fully saturated rings. The molecule has 1 aliphatic heterocycles. The predicted octanol–water partition coefficient (Wildman–Crippen LogP) is -1.35. The molecule has 0 spiro atoms. The van der Waals surface area contributed by atoms with E-state index in [1.165, 1.54) is 0 Å². The molecule has 3 unspecified atom stereocenters. The van der Waals surface area contributed by atoms with Crippen molar-refractivity contribution in [1.82, 2.24) is 19.5 Å². The van der Waals surface area contributed by atoms with Crippen LogP contribution in [0.25, 0.3) is 11.2 Å². The van der Waals surface area contributed by atoms with Crippen LogP contribution in [0, 0.1) is 6.08 Å². The third-order valence-electron chi connectivity index (χ3n) is 4.94. The van der Waals surface area contributed by atoms with Gasteiger partial charge in [0.1, 0.15) is 17.8 Å². The second-order valence-corrected chi connectivity index (χ2v) is 11.6. The molecule has 2 aromatic heterocycles. The van der Waals surface area contributed by atoms with Crippen LogP contribution in [0.4, 0.5) is 10.2 Å². The van der Waals surface area contributed by atoms with Crippen molar-refractivity contribution in [3.63, 3.8) is 0 Å². The third-order valence-corrected chi connectivity index (χ3v) is 8.76. The summed E-state index contributed by atoms with van der Waals surface area (Å²) in [5.74, 6) is -0.316. The molecule has 1 aliphatic carbocycles. The van der Waals surface area contributed by atoms with Gasteiger partial charge >= 0.3 is 29.5 Å². The Balaban J connectivity index is 1.55. The van der Waals surface area contributed by atoms with Gasteiger partial charge in [0, 0.05) is 0 Å². The smallest absolute Gasteiger partial charge is 0.382 e. The van der Waals surface area contributed by atoms with Gasteiger partial charge in [-0.15, -0.1) is 0 Å². The third kappa shape index (κ3) is 4.15. The lowest BCUT2D eigenvalue weighted by atomic mass is 9.95. The highest BCUT2D eigenvalue weighted by molar-refractivity contribution is 7.66. The molecule has 33 heavy (non-hydrogen) atoms. The number of fused-ring (bicyclic) bond motifs is 2. The molecule has 22 heteroatoms. The number of imidazole rings is 1. The zero-order valence-corrected chi connectivity index (χ0v) is 18.6. The minimum absolute atomic E-state index is 0.0480. The van der Waals surface area contributed by atoms with Crippen molar-refractivity contribution < 1.29 is 65.8 Å². The van der Waals surface area contributed by atoms with Gasteiger partial charge < -0.3 is 40.3 Å². The molecule has 0 aromatic carbocycles. The number of nitrogens with two attached hydrogens (primary N) is 1. The fraction of sp³-hybridized carbons (Fsp3) is 0.545. The van der Waals surface area contributed by atoms with Crippen molar-refractivity contribution >= 4 is 40.4 Å². The monoisotopic (exact) mass is 537 g/mol. The molecule has 7 atom stereocenters. The van der Waals surface area contributed by atoms with Crippen molar-refractivity contribution in [2.75, 3.05) is 5.73 Å². The number of phosphoric ester groups is 1. The molecule has 2 aliphatic rings. The van der Waals surface area contributed by atoms with Crippen molar-refractivity contribution in [1.29, 1.82) is 0 Å². The Morgan fingerprint density at radius 1 is 1.15 bits per heavy atom. The molecule has 8 N–H and O–H groups in total. The fourth-order valence-electron chi connectivity index (χ4n) is 3.53. The SMILES string of the molecule is C[C@]1(O)[C@H](n2cnc3c(N)nc(F)nc32)O[C@@H]2C(OP(=O)(O)OP(=O)(O)OP(=O)(O)O)[C@@]21O. The predicted molar refractivity (Wildman–Crippen MR) is 97.9 cm³/mol. The van der Waals surface area contributed by atoms with E-state index in [1.807, 2.05) is 0 Å². The van der Waals surface area contributed by atoms with Crippen molar-refractivity contribution in [3.05, 3.63) is 12.4 Å². The highest BCUT2D eigenvalue weighted by Crippen LogP contribution is 2.70. The van der Waals surface area contributed by atoms with Gasteiger partial charge in [-0.25, -0.2) is 18.7 Å². The van der Waals surface area contributed by atoms with Crippen LogP contribution in [-0.2, 0) is 31.6 Å². The van der Waals surface area contributed by atoms with Crippen LogP contribution in [0.1, 0.15) is 13.2 Å². The molecule has 1 saturated heterocycles. The minimum Gasteiger partial charge on any atom is -0.382 e. The van der Waals surface area contributed by atoms with Gasteiger partial charge in [-0.1, -0.05) is 0 Å². The van der Waals surface area contributed by atoms with E-state index >= 15 is 0 Å². The molecule has 4 rings (SSSR count). The van der Waals surface area contributed by atoms with Gasteiger partial charge in [-0.05, 0) is 6.92 Å². The van der Waals surface area contributed by atoms with E-state index in [9.17, 15) is 38.1 Å². The number of nitrogens with zero attached hydrogens (tertiary/aromatic N) is 4. The molecular formula is C11H15FN5O13P3.